The van der Waals surface area contributed by atoms with Crippen molar-refractivity contribution in [3.8, 4) is 11.8 Å². The molecule has 0 fully saturated rings. The van der Waals surface area contributed by atoms with Crippen LogP contribution in [0.5, 0.6) is 0 Å². The van der Waals surface area contributed by atoms with E-state index in [2.05, 4.69) is 37.8 Å². The van der Waals surface area contributed by atoms with Crippen LogP contribution in [0, 0.1) is 25.7 Å². The van der Waals surface area contributed by atoms with E-state index in [1.54, 1.807) is 0 Å². The molecule has 0 heterocycles. The molecule has 0 aliphatic rings. The van der Waals surface area contributed by atoms with Crippen molar-refractivity contribution < 1.29 is 0 Å². The number of hydrogen-bond donors (Lipinski definition) is 1. The van der Waals surface area contributed by atoms with E-state index in [0.717, 1.165) is 16.8 Å². The summed E-state index contributed by atoms with van der Waals surface area (Å²) in [6.07, 6.45) is 0. The Hall–Kier alpha value is -2.20. The summed E-state index contributed by atoms with van der Waals surface area (Å²) in [5.74, 6) is 6.27. The molecular formula is C16H15N. The molecule has 0 atom stereocenters. The van der Waals surface area contributed by atoms with Gasteiger partial charge in [-0.15, -0.1) is 0 Å². The summed E-state index contributed by atoms with van der Waals surface area (Å²) in [5.41, 5.74) is 11.0. The highest BCUT2D eigenvalue weighted by molar-refractivity contribution is 5.50. The lowest BCUT2D eigenvalue weighted by atomic mass is 10.1. The highest BCUT2D eigenvalue weighted by atomic mass is 14.5. The summed E-state index contributed by atoms with van der Waals surface area (Å²) in [7, 11) is 0. The van der Waals surface area contributed by atoms with Gasteiger partial charge in [0, 0.05) is 16.8 Å². The van der Waals surface area contributed by atoms with Gasteiger partial charge in [0.2, 0.25) is 0 Å². The average molecular weight is 221 g/mol. The Balaban J connectivity index is 2.30. The van der Waals surface area contributed by atoms with Gasteiger partial charge < -0.3 is 5.73 Å². The lowest BCUT2D eigenvalue weighted by molar-refractivity contribution is 1.33. The first-order valence-corrected chi connectivity index (χ1v) is 5.60. The second-order valence-corrected chi connectivity index (χ2v) is 4.17. The van der Waals surface area contributed by atoms with Gasteiger partial charge in [0.15, 0.2) is 0 Å². The normalized spacial score (nSPS) is 9.53. The van der Waals surface area contributed by atoms with E-state index in [0.29, 0.717) is 0 Å². The second-order valence-electron chi connectivity index (χ2n) is 4.17. The molecule has 1 heteroatoms. The first-order valence-electron chi connectivity index (χ1n) is 5.60. The molecule has 84 valence electrons. The van der Waals surface area contributed by atoms with E-state index in [9.17, 15) is 0 Å². The topological polar surface area (TPSA) is 26.0 Å². The number of anilines is 1. The van der Waals surface area contributed by atoms with Crippen molar-refractivity contribution in [2.24, 2.45) is 0 Å². The summed E-state index contributed by atoms with van der Waals surface area (Å²) in [6, 6.07) is 13.9. The third-order valence-corrected chi connectivity index (χ3v) is 2.74. The maximum Gasteiger partial charge on any atom is 0.0326 e. The Labute approximate surface area is 102 Å². The monoisotopic (exact) mass is 221 g/mol. The Morgan fingerprint density at radius 1 is 0.824 bits per heavy atom. The molecule has 0 bridgehead atoms. The first-order chi connectivity index (χ1) is 8.15. The zero-order valence-electron chi connectivity index (χ0n) is 10.1. The van der Waals surface area contributed by atoms with Gasteiger partial charge in [-0.3, -0.25) is 0 Å². The van der Waals surface area contributed by atoms with E-state index >= 15 is 0 Å². The minimum atomic E-state index is 0.747. The molecule has 1 nitrogen and oxygen atoms in total. The molecule has 0 aromatic heterocycles. The van der Waals surface area contributed by atoms with Crippen LogP contribution in [0.4, 0.5) is 5.69 Å². The van der Waals surface area contributed by atoms with Crippen molar-refractivity contribution in [3.05, 3.63) is 64.7 Å². The van der Waals surface area contributed by atoms with Crippen molar-refractivity contribution in [1.82, 2.24) is 0 Å². The summed E-state index contributed by atoms with van der Waals surface area (Å²) < 4.78 is 0. The van der Waals surface area contributed by atoms with Gasteiger partial charge >= 0.3 is 0 Å². The lowest BCUT2D eigenvalue weighted by Crippen LogP contribution is -1.85. The maximum absolute atomic E-state index is 5.70. The molecule has 2 aromatic rings. The van der Waals surface area contributed by atoms with Gasteiger partial charge in [-0.1, -0.05) is 24.0 Å². The summed E-state index contributed by atoms with van der Waals surface area (Å²) >= 11 is 0. The van der Waals surface area contributed by atoms with Gasteiger partial charge in [0.25, 0.3) is 0 Å². The van der Waals surface area contributed by atoms with Crippen LogP contribution in [0.15, 0.2) is 42.5 Å². The summed E-state index contributed by atoms with van der Waals surface area (Å²) in [4.78, 5) is 0. The third-order valence-electron chi connectivity index (χ3n) is 2.74. The highest BCUT2D eigenvalue weighted by Crippen LogP contribution is 2.09. The van der Waals surface area contributed by atoms with Gasteiger partial charge in [-0.25, -0.2) is 0 Å². The third kappa shape index (κ3) is 2.89. The molecule has 0 aliphatic heterocycles. The summed E-state index contributed by atoms with van der Waals surface area (Å²) in [5, 5.41) is 0. The SMILES string of the molecule is Cc1ccc(C#Cc2cccc(N)c2)cc1C. The van der Waals surface area contributed by atoms with Crippen molar-refractivity contribution in [3.63, 3.8) is 0 Å². The molecule has 2 rings (SSSR count). The van der Waals surface area contributed by atoms with Crippen molar-refractivity contribution >= 4 is 5.69 Å². The van der Waals surface area contributed by atoms with Crippen LogP contribution < -0.4 is 5.73 Å². The standard InChI is InChI=1S/C16H15N/c1-12-6-7-15(10-13(12)2)9-8-14-4-3-5-16(17)11-14/h3-7,10-11H,17H2,1-2H3. The van der Waals surface area contributed by atoms with E-state index < -0.39 is 0 Å². The number of hydrogen-bond acceptors (Lipinski definition) is 1. The quantitative estimate of drug-likeness (QED) is 0.536. The Kier molecular flexibility index (Phi) is 3.16. The Morgan fingerprint density at radius 3 is 2.18 bits per heavy atom. The molecule has 2 aromatic carbocycles. The summed E-state index contributed by atoms with van der Waals surface area (Å²) in [6.45, 7) is 4.20. The van der Waals surface area contributed by atoms with Gasteiger partial charge in [0.05, 0.1) is 0 Å². The van der Waals surface area contributed by atoms with Gasteiger partial charge in [0.1, 0.15) is 0 Å². The van der Waals surface area contributed by atoms with E-state index in [1.165, 1.54) is 11.1 Å². The number of nitrogen functional groups attached to an aromatic ring is 1. The van der Waals surface area contributed by atoms with Crippen LogP contribution in [-0.2, 0) is 0 Å². The van der Waals surface area contributed by atoms with Crippen molar-refractivity contribution in [2.45, 2.75) is 13.8 Å². The fourth-order valence-corrected chi connectivity index (χ4v) is 1.58. The van der Waals surface area contributed by atoms with Crippen LogP contribution in [-0.4, -0.2) is 0 Å². The van der Waals surface area contributed by atoms with Gasteiger partial charge in [-0.2, -0.15) is 0 Å². The first kappa shape index (κ1) is 11.3. The minimum absolute atomic E-state index is 0.747. The Morgan fingerprint density at radius 2 is 1.53 bits per heavy atom. The molecule has 0 amide bonds. The van der Waals surface area contributed by atoms with Crippen molar-refractivity contribution in [2.75, 3.05) is 5.73 Å². The molecule has 0 unspecified atom stereocenters. The average Bonchev–Trinajstić information content (AvgIpc) is 2.31. The van der Waals surface area contributed by atoms with Crippen LogP contribution in [0.2, 0.25) is 0 Å². The highest BCUT2D eigenvalue weighted by Gasteiger charge is 1.93. The largest absolute Gasteiger partial charge is 0.399 e. The number of rotatable bonds is 0. The number of benzene rings is 2. The molecule has 0 radical (unpaired) electrons. The van der Waals surface area contributed by atoms with Crippen LogP contribution in [0.3, 0.4) is 0 Å². The van der Waals surface area contributed by atoms with E-state index in [1.807, 2.05) is 30.3 Å². The zero-order valence-corrected chi connectivity index (χ0v) is 10.1. The predicted molar refractivity (Wildman–Crippen MR) is 72.8 cm³/mol. The van der Waals surface area contributed by atoms with Crippen LogP contribution >= 0.6 is 0 Å². The van der Waals surface area contributed by atoms with Gasteiger partial charge in [-0.05, 0) is 55.3 Å². The lowest BCUT2D eigenvalue weighted by Gasteiger charge is -1.99. The fraction of sp³-hybridized carbons (Fsp3) is 0.125. The molecule has 0 spiro atoms. The molecule has 2 N–H and O–H groups in total. The Bertz CT molecular complexity index is 600. The molecule has 0 saturated carbocycles. The number of aryl methyl sites for hydroxylation is 2. The molecular weight excluding hydrogens is 206 g/mol. The maximum atomic E-state index is 5.70. The second kappa shape index (κ2) is 4.76. The van der Waals surface area contributed by atoms with Crippen LogP contribution in [0.1, 0.15) is 22.3 Å². The molecule has 0 aliphatic carbocycles. The van der Waals surface area contributed by atoms with Crippen molar-refractivity contribution in [1.29, 1.82) is 0 Å². The van der Waals surface area contributed by atoms with Crippen LogP contribution in [0.25, 0.3) is 0 Å². The zero-order chi connectivity index (χ0) is 12.3. The van der Waals surface area contributed by atoms with E-state index in [-0.39, 0.29) is 0 Å². The number of nitrogens with two attached hydrogens (primary N) is 1. The smallest absolute Gasteiger partial charge is 0.0326 e. The fourth-order valence-electron chi connectivity index (χ4n) is 1.58. The predicted octanol–water partition coefficient (Wildman–Crippen LogP) is 3.29. The molecule has 0 saturated heterocycles. The molecule has 17 heavy (non-hydrogen) atoms. The van der Waals surface area contributed by atoms with E-state index in [4.69, 9.17) is 5.73 Å². The minimum Gasteiger partial charge on any atom is -0.399 e.